The van der Waals surface area contributed by atoms with Crippen LogP contribution in [0.15, 0.2) is 97.1 Å². The molecule has 0 fully saturated rings. The van der Waals surface area contributed by atoms with Crippen LogP contribution in [-0.2, 0) is 67.3 Å². The summed E-state index contributed by atoms with van der Waals surface area (Å²) in [5.41, 5.74) is -29.2. The van der Waals surface area contributed by atoms with Gasteiger partial charge in [0.25, 0.3) is 0 Å². The van der Waals surface area contributed by atoms with Gasteiger partial charge in [0.05, 0.1) is 54.4 Å². The Morgan fingerprint density at radius 1 is 0.365 bits per heavy atom. The van der Waals surface area contributed by atoms with Crippen LogP contribution >= 0.6 is 34.8 Å². The van der Waals surface area contributed by atoms with Crippen LogP contribution in [0.2, 0.25) is 0 Å². The van der Waals surface area contributed by atoms with Crippen LogP contribution in [0.5, 0.6) is 0 Å². The Balaban J connectivity index is 0.000000589. The summed E-state index contributed by atoms with van der Waals surface area (Å²) in [7, 11) is -2.09. The number of carbonyl (C=O) groups excluding carboxylic acids is 1. The zero-order chi connectivity index (χ0) is 57.2. The predicted octanol–water partition coefficient (Wildman–Crippen LogP) is 14.7. The summed E-state index contributed by atoms with van der Waals surface area (Å²) in [4.78, 5) is 11.7. The Morgan fingerprint density at radius 3 is 0.703 bits per heavy atom. The summed E-state index contributed by atoms with van der Waals surface area (Å²) in [5, 5.41) is 0. The van der Waals surface area contributed by atoms with Gasteiger partial charge in [0, 0.05) is 11.1 Å². The summed E-state index contributed by atoms with van der Waals surface area (Å²) in [6.45, 7) is 0. The smallest absolute Gasteiger partial charge is 0.289 e. The zero-order valence-electron chi connectivity index (χ0n) is 36.0. The minimum atomic E-state index is -6.13. The van der Waals surface area contributed by atoms with Crippen molar-refractivity contribution >= 4 is 78.5 Å². The molecule has 0 aromatic heterocycles. The van der Waals surface area contributed by atoms with Crippen molar-refractivity contribution in [3.8, 4) is 0 Å². The number of hydrogen-bond acceptors (Lipinski definition) is 2. The second kappa shape index (κ2) is 20.3. The van der Waals surface area contributed by atoms with Crippen molar-refractivity contribution < 1.29 is 114 Å². The van der Waals surface area contributed by atoms with Gasteiger partial charge in [0.1, 0.15) is 18.7 Å². The van der Waals surface area contributed by atoms with E-state index in [1.54, 1.807) is 36.8 Å². The maximum atomic E-state index is 14.2. The summed E-state index contributed by atoms with van der Waals surface area (Å²) in [6.07, 6.45) is -51.7. The first-order valence-electron chi connectivity index (χ1n) is 19.3. The Kier molecular flexibility index (Phi) is 16.9. The molecule has 74 heavy (non-hydrogen) atoms. The largest absolute Gasteiger partial charge is 0.416 e. The van der Waals surface area contributed by atoms with Crippen molar-refractivity contribution in [3.05, 3.63) is 153 Å². The molecule has 406 valence electrons. The topological polar surface area (TPSA) is 34.1 Å². The van der Waals surface area contributed by atoms with Crippen molar-refractivity contribution in [1.82, 2.24) is 0 Å². The van der Waals surface area contributed by atoms with Crippen LogP contribution in [-0.4, -0.2) is 30.2 Å². The molecule has 0 aliphatic heterocycles. The number of rotatable bonds is 7. The van der Waals surface area contributed by atoms with Gasteiger partial charge in [0.15, 0.2) is 5.75 Å². The molecule has 0 bridgehead atoms. The van der Waals surface area contributed by atoms with E-state index >= 15 is 0 Å². The highest BCUT2D eigenvalue weighted by atomic mass is 35.6. The highest BCUT2D eigenvalue weighted by molar-refractivity contribution is 8.02. The molecule has 5 rings (SSSR count). The molecular formula is C43H24BCl3F24O2S. The number of carbonyl (C=O) groups is 1. The molecule has 0 heterocycles. The first-order chi connectivity index (χ1) is 32.9. The number of halogens is 27. The summed E-state index contributed by atoms with van der Waals surface area (Å²) >= 11 is 17.1. The average Bonchev–Trinajstić information content (AvgIpc) is 3.20. The lowest BCUT2D eigenvalue weighted by molar-refractivity contribution is -0.144. The van der Waals surface area contributed by atoms with Crippen LogP contribution in [0, 0.1) is 0 Å². The molecule has 0 saturated heterocycles. The summed E-state index contributed by atoms with van der Waals surface area (Å²) in [5.74, 6) is -0.143. The number of hydrogen-bond donors (Lipinski definition) is 0. The molecule has 0 spiro atoms. The quantitative estimate of drug-likeness (QED) is 0.0535. The highest BCUT2D eigenvalue weighted by Crippen LogP contribution is 2.42. The number of benzene rings is 5. The maximum Gasteiger partial charge on any atom is 0.416 e. The third-order valence-corrected chi connectivity index (χ3v) is 12.1. The lowest BCUT2D eigenvalue weighted by Crippen LogP contribution is -2.75. The fourth-order valence-electron chi connectivity index (χ4n) is 7.31. The third kappa shape index (κ3) is 15.0. The first kappa shape index (κ1) is 61.7. The van der Waals surface area contributed by atoms with Crippen LogP contribution in [0.3, 0.4) is 0 Å². The maximum absolute atomic E-state index is 14.2. The van der Waals surface area contributed by atoms with Crippen molar-refractivity contribution in [2.75, 3.05) is 18.3 Å². The molecule has 0 radical (unpaired) electrons. The lowest BCUT2D eigenvalue weighted by atomic mass is 9.12. The third-order valence-electron chi connectivity index (χ3n) is 10.5. The van der Waals surface area contributed by atoms with E-state index in [1.807, 2.05) is 0 Å². The molecular weight excluding hydrogens is 1150 g/mol. The molecule has 0 aliphatic carbocycles. The van der Waals surface area contributed by atoms with Crippen LogP contribution in [0.1, 0.15) is 60.4 Å². The number of alkyl halides is 27. The normalized spacial score (nSPS) is 13.9. The van der Waals surface area contributed by atoms with E-state index in [1.165, 1.54) is 0 Å². The summed E-state index contributed by atoms with van der Waals surface area (Å²) < 4.78 is 351. The molecule has 0 atom stereocenters. The fraction of sp³-hybridized carbons (Fsp3) is 0.279. The standard InChI is InChI=1S/C32H12BF24.C11H12Cl3O2S/c34-25(35,36)13-1-14(26(37,38)39)6-21(5-13)33(22-7-15(27(40,41)42)2-16(8-22)28(43,44)45,23-9-17(29(46,47)48)3-18(10-23)30(49,50)51)24-11-19(31(52,53)54)4-20(12-24)32(55,56)57;1-17(2,16)7-10(15)8-3-5-9(6-4-8)11(12,13)14/h1-12H;3-6H,7H2,1-2H3/q-1;+1. The van der Waals surface area contributed by atoms with Crippen LogP contribution in [0.25, 0.3) is 0 Å². The van der Waals surface area contributed by atoms with Gasteiger partial charge in [-0.15, -0.1) is 4.21 Å². The molecule has 0 saturated carbocycles. The van der Waals surface area contributed by atoms with Gasteiger partial charge in [0.2, 0.25) is 9.58 Å². The van der Waals surface area contributed by atoms with Gasteiger partial charge in [-0.3, -0.25) is 4.79 Å². The minimum absolute atomic E-state index is 0.0279. The molecule has 5 aromatic carbocycles. The van der Waals surface area contributed by atoms with Gasteiger partial charge in [-0.2, -0.15) is 127 Å². The van der Waals surface area contributed by atoms with Gasteiger partial charge in [-0.1, -0.05) is 108 Å². The van der Waals surface area contributed by atoms with E-state index in [-0.39, 0.29) is 11.5 Å². The Hall–Kier alpha value is -4.83. The Labute approximate surface area is 415 Å². The molecule has 5 aromatic rings. The molecule has 2 nitrogen and oxygen atoms in total. The second-order valence-corrected chi connectivity index (χ2v) is 21.7. The van der Waals surface area contributed by atoms with E-state index in [2.05, 4.69) is 0 Å². The molecule has 31 heteroatoms. The highest BCUT2D eigenvalue weighted by Gasteiger charge is 2.47. The van der Waals surface area contributed by atoms with Crippen molar-refractivity contribution in [1.29, 1.82) is 0 Å². The molecule has 0 aliphatic rings. The minimum Gasteiger partial charge on any atom is -0.289 e. The van der Waals surface area contributed by atoms with Crippen molar-refractivity contribution in [3.63, 3.8) is 0 Å². The Bertz CT molecular complexity index is 2480. The molecule has 0 amide bonds. The predicted molar refractivity (Wildman–Crippen MR) is 225 cm³/mol. The van der Waals surface area contributed by atoms with Gasteiger partial charge >= 0.3 is 49.4 Å². The van der Waals surface area contributed by atoms with E-state index in [4.69, 9.17) is 34.8 Å². The summed E-state index contributed by atoms with van der Waals surface area (Å²) in [6, 6.07) is -2.51. The van der Waals surface area contributed by atoms with Crippen molar-refractivity contribution in [2.45, 2.75) is 53.2 Å². The van der Waals surface area contributed by atoms with E-state index in [9.17, 15) is 114 Å². The number of Topliss-reactive ketones (excluding diaryl/α,β-unsaturated/α-hetero) is 1. The zero-order valence-corrected chi connectivity index (χ0v) is 39.0. The van der Waals surface area contributed by atoms with Gasteiger partial charge in [-0.05, 0) is 24.3 Å². The van der Waals surface area contributed by atoms with E-state index in [0.717, 1.165) is 0 Å². The average molecular weight is 1180 g/mol. The first-order valence-corrected chi connectivity index (χ1v) is 23.0. The number of ketones is 1. The second-order valence-electron chi connectivity index (χ2n) is 16.3. The molecule has 0 N–H and O–H groups in total. The van der Waals surface area contributed by atoms with Crippen LogP contribution in [0.4, 0.5) is 105 Å². The molecule has 0 unspecified atom stereocenters. The van der Waals surface area contributed by atoms with Crippen LogP contribution < -0.4 is 21.9 Å². The lowest BCUT2D eigenvalue weighted by Gasteiger charge is -2.46. The monoisotopic (exact) mass is 1180 g/mol. The Morgan fingerprint density at radius 2 is 0.554 bits per heavy atom. The SMILES string of the molecule is C[S+](C)(=O)CC(=O)c1ccc(C(Cl)(Cl)Cl)cc1.FC(F)(F)c1cc([B-](c2cc(C(F)(F)F)cc(C(F)(F)F)c2)(c2cc(C(F)(F)F)cc(C(F)(F)F)c2)c2cc(C(F)(F)F)cc(C(F)(F)F)c2)cc(C(F)(F)F)c1. The van der Waals surface area contributed by atoms with Gasteiger partial charge < -0.3 is 0 Å². The van der Waals surface area contributed by atoms with E-state index in [0.29, 0.717) is 11.1 Å². The van der Waals surface area contributed by atoms with Gasteiger partial charge in [-0.25, -0.2) is 0 Å². The van der Waals surface area contributed by atoms with Crippen molar-refractivity contribution in [2.24, 2.45) is 0 Å². The van der Waals surface area contributed by atoms with E-state index < -0.39 is 208 Å². The fourth-order valence-corrected chi connectivity index (χ4v) is 8.49.